The molecule has 3 heteroatoms. The summed E-state index contributed by atoms with van der Waals surface area (Å²) in [6.07, 6.45) is 4.09. The number of benzene rings is 1. The molecule has 0 aliphatic heterocycles. The molecule has 15 heavy (non-hydrogen) atoms. The van der Waals surface area contributed by atoms with Crippen molar-refractivity contribution in [3.8, 4) is 5.75 Å². The first kappa shape index (κ1) is 11.0. The molecule has 0 heterocycles. The summed E-state index contributed by atoms with van der Waals surface area (Å²) in [5.74, 6) is 0.335. The van der Waals surface area contributed by atoms with Crippen LogP contribution in [0.3, 0.4) is 0 Å². The Bertz CT molecular complexity index is 363. The monoisotopic (exact) mass is 204 g/mol. The van der Waals surface area contributed by atoms with Gasteiger partial charge in [0.25, 0.3) is 0 Å². The molecule has 0 unspecified atom stereocenters. The standard InChI is InChI=1S/C12H12O3/c1-3-15-12(13)9-6-10-4-7-11(14-2)8-5-10/h3-9H,1H2,2H3/b9-6+. The van der Waals surface area contributed by atoms with E-state index in [2.05, 4.69) is 11.3 Å². The fourth-order valence-corrected chi connectivity index (χ4v) is 1.00. The normalized spacial score (nSPS) is 9.93. The first-order valence-corrected chi connectivity index (χ1v) is 4.40. The molecule has 0 bridgehead atoms. The minimum atomic E-state index is -0.444. The lowest BCUT2D eigenvalue weighted by Crippen LogP contribution is -1.92. The Morgan fingerprint density at radius 3 is 2.53 bits per heavy atom. The summed E-state index contributed by atoms with van der Waals surface area (Å²) in [5.41, 5.74) is 0.900. The lowest BCUT2D eigenvalue weighted by Gasteiger charge is -1.98. The highest BCUT2D eigenvalue weighted by Crippen LogP contribution is 2.12. The van der Waals surface area contributed by atoms with Crippen molar-refractivity contribution in [3.63, 3.8) is 0 Å². The molecule has 0 aromatic heterocycles. The van der Waals surface area contributed by atoms with Crippen LogP contribution in [0, 0.1) is 0 Å². The van der Waals surface area contributed by atoms with Gasteiger partial charge in [0.2, 0.25) is 0 Å². The van der Waals surface area contributed by atoms with Gasteiger partial charge < -0.3 is 9.47 Å². The van der Waals surface area contributed by atoms with Crippen molar-refractivity contribution in [1.29, 1.82) is 0 Å². The molecule has 0 atom stereocenters. The van der Waals surface area contributed by atoms with Crippen LogP contribution in [0.25, 0.3) is 6.08 Å². The van der Waals surface area contributed by atoms with Crippen LogP contribution < -0.4 is 4.74 Å². The van der Waals surface area contributed by atoms with Gasteiger partial charge in [-0.05, 0) is 23.8 Å². The highest BCUT2D eigenvalue weighted by atomic mass is 16.5. The lowest BCUT2D eigenvalue weighted by molar-refractivity contribution is -0.132. The topological polar surface area (TPSA) is 35.5 Å². The summed E-state index contributed by atoms with van der Waals surface area (Å²) in [4.78, 5) is 10.9. The van der Waals surface area contributed by atoms with Gasteiger partial charge in [0, 0.05) is 6.08 Å². The Morgan fingerprint density at radius 1 is 1.33 bits per heavy atom. The second-order valence-electron chi connectivity index (χ2n) is 2.71. The molecule has 0 aliphatic carbocycles. The van der Waals surface area contributed by atoms with Crippen molar-refractivity contribution in [2.24, 2.45) is 0 Å². The van der Waals surface area contributed by atoms with Gasteiger partial charge in [0.15, 0.2) is 0 Å². The molecule has 0 N–H and O–H groups in total. The molecular weight excluding hydrogens is 192 g/mol. The van der Waals surface area contributed by atoms with Gasteiger partial charge in [-0.3, -0.25) is 0 Å². The molecule has 1 aromatic rings. The molecule has 0 spiro atoms. The molecule has 0 aliphatic rings. The largest absolute Gasteiger partial charge is 0.497 e. The van der Waals surface area contributed by atoms with Crippen LogP contribution in [0.2, 0.25) is 0 Å². The van der Waals surface area contributed by atoms with Crippen LogP contribution in [0.15, 0.2) is 43.2 Å². The smallest absolute Gasteiger partial charge is 0.335 e. The van der Waals surface area contributed by atoms with Crippen LogP contribution in [0.4, 0.5) is 0 Å². The van der Waals surface area contributed by atoms with Crippen molar-refractivity contribution in [1.82, 2.24) is 0 Å². The number of esters is 1. The SMILES string of the molecule is C=COC(=O)/C=C/c1ccc(OC)cc1. The second-order valence-corrected chi connectivity index (χ2v) is 2.71. The van der Waals surface area contributed by atoms with Crippen LogP contribution in [0.1, 0.15) is 5.56 Å². The zero-order valence-corrected chi connectivity index (χ0v) is 8.47. The zero-order valence-electron chi connectivity index (χ0n) is 8.47. The van der Waals surface area contributed by atoms with Crippen molar-refractivity contribution < 1.29 is 14.3 Å². The molecule has 0 saturated carbocycles. The molecule has 0 radical (unpaired) electrons. The van der Waals surface area contributed by atoms with E-state index >= 15 is 0 Å². The van der Waals surface area contributed by atoms with E-state index in [9.17, 15) is 4.79 Å². The fourth-order valence-electron chi connectivity index (χ4n) is 1.00. The number of hydrogen-bond donors (Lipinski definition) is 0. The van der Waals surface area contributed by atoms with E-state index in [1.807, 2.05) is 24.3 Å². The summed E-state index contributed by atoms with van der Waals surface area (Å²) in [5, 5.41) is 0. The summed E-state index contributed by atoms with van der Waals surface area (Å²) in [6, 6.07) is 7.32. The number of ether oxygens (including phenoxy) is 2. The highest BCUT2D eigenvalue weighted by Gasteiger charge is 1.93. The lowest BCUT2D eigenvalue weighted by atomic mass is 10.2. The molecule has 0 fully saturated rings. The van der Waals surface area contributed by atoms with Gasteiger partial charge >= 0.3 is 5.97 Å². The van der Waals surface area contributed by atoms with Gasteiger partial charge in [0.05, 0.1) is 13.4 Å². The van der Waals surface area contributed by atoms with Gasteiger partial charge in [0.1, 0.15) is 5.75 Å². The third kappa shape index (κ3) is 3.68. The summed E-state index contributed by atoms with van der Waals surface area (Å²) < 4.78 is 9.53. The van der Waals surface area contributed by atoms with E-state index in [0.29, 0.717) is 0 Å². The number of methoxy groups -OCH3 is 1. The third-order valence-electron chi connectivity index (χ3n) is 1.73. The van der Waals surface area contributed by atoms with Crippen molar-refractivity contribution >= 4 is 12.0 Å². The Balaban J connectivity index is 2.64. The Hall–Kier alpha value is -2.03. The highest BCUT2D eigenvalue weighted by molar-refractivity contribution is 5.87. The van der Waals surface area contributed by atoms with Crippen LogP contribution in [0.5, 0.6) is 5.75 Å². The summed E-state index contributed by atoms with van der Waals surface area (Å²) >= 11 is 0. The zero-order chi connectivity index (χ0) is 11.1. The fraction of sp³-hybridized carbons (Fsp3) is 0.0833. The first-order valence-electron chi connectivity index (χ1n) is 4.40. The van der Waals surface area contributed by atoms with E-state index in [1.165, 1.54) is 6.08 Å². The third-order valence-corrected chi connectivity index (χ3v) is 1.73. The number of carbonyl (C=O) groups is 1. The summed E-state index contributed by atoms with van der Waals surface area (Å²) in [7, 11) is 1.60. The van der Waals surface area contributed by atoms with E-state index in [-0.39, 0.29) is 0 Å². The van der Waals surface area contributed by atoms with Gasteiger partial charge in [-0.15, -0.1) is 0 Å². The summed E-state index contributed by atoms with van der Waals surface area (Å²) in [6.45, 7) is 3.28. The minimum Gasteiger partial charge on any atom is -0.497 e. The molecule has 1 rings (SSSR count). The number of carbonyl (C=O) groups excluding carboxylic acids is 1. The van der Waals surface area contributed by atoms with Gasteiger partial charge in [-0.25, -0.2) is 4.79 Å². The predicted molar refractivity (Wildman–Crippen MR) is 58.3 cm³/mol. The average Bonchev–Trinajstić information content (AvgIpc) is 2.27. The van der Waals surface area contributed by atoms with Crippen LogP contribution >= 0.6 is 0 Å². The second kappa shape index (κ2) is 5.65. The quantitative estimate of drug-likeness (QED) is 0.429. The van der Waals surface area contributed by atoms with E-state index in [4.69, 9.17) is 4.74 Å². The molecule has 3 nitrogen and oxygen atoms in total. The maximum Gasteiger partial charge on any atom is 0.335 e. The van der Waals surface area contributed by atoms with E-state index < -0.39 is 5.97 Å². The first-order chi connectivity index (χ1) is 7.26. The average molecular weight is 204 g/mol. The van der Waals surface area contributed by atoms with Crippen LogP contribution in [-0.4, -0.2) is 13.1 Å². The Morgan fingerprint density at radius 2 is 2.00 bits per heavy atom. The Kier molecular flexibility index (Phi) is 4.16. The maximum atomic E-state index is 10.9. The van der Waals surface area contributed by atoms with Gasteiger partial charge in [-0.1, -0.05) is 18.7 Å². The molecule has 0 saturated heterocycles. The molecular formula is C12H12O3. The molecule has 78 valence electrons. The van der Waals surface area contributed by atoms with Crippen molar-refractivity contribution in [3.05, 3.63) is 48.7 Å². The van der Waals surface area contributed by atoms with E-state index in [0.717, 1.165) is 17.6 Å². The molecule has 0 amide bonds. The predicted octanol–water partition coefficient (Wildman–Crippen LogP) is 2.40. The number of rotatable bonds is 4. The van der Waals surface area contributed by atoms with Crippen LogP contribution in [-0.2, 0) is 9.53 Å². The molecule has 1 aromatic carbocycles. The number of hydrogen-bond acceptors (Lipinski definition) is 3. The van der Waals surface area contributed by atoms with E-state index in [1.54, 1.807) is 13.2 Å². The van der Waals surface area contributed by atoms with Gasteiger partial charge in [-0.2, -0.15) is 0 Å². The maximum absolute atomic E-state index is 10.9. The van der Waals surface area contributed by atoms with Crippen molar-refractivity contribution in [2.45, 2.75) is 0 Å². The Labute approximate surface area is 88.6 Å². The van der Waals surface area contributed by atoms with Crippen molar-refractivity contribution in [2.75, 3.05) is 7.11 Å². The minimum absolute atomic E-state index is 0.444.